The van der Waals surface area contributed by atoms with Crippen molar-refractivity contribution in [3.63, 3.8) is 0 Å². The van der Waals surface area contributed by atoms with Gasteiger partial charge in [0.05, 0.1) is 12.6 Å². The molecule has 0 atom stereocenters. The van der Waals surface area contributed by atoms with Crippen molar-refractivity contribution in [3.05, 3.63) is 48.3 Å². The third-order valence-corrected chi connectivity index (χ3v) is 2.45. The van der Waals surface area contributed by atoms with Crippen molar-refractivity contribution in [1.82, 2.24) is 4.98 Å². The van der Waals surface area contributed by atoms with Crippen LogP contribution in [-0.4, -0.2) is 21.2 Å². The van der Waals surface area contributed by atoms with Crippen LogP contribution in [-0.2, 0) is 11.2 Å². The van der Waals surface area contributed by atoms with Crippen LogP contribution in [0, 0.1) is 0 Å². The first-order chi connectivity index (χ1) is 8.18. The van der Waals surface area contributed by atoms with E-state index in [2.05, 4.69) is 4.98 Å². The van der Waals surface area contributed by atoms with Crippen molar-refractivity contribution in [2.45, 2.75) is 6.42 Å². The van der Waals surface area contributed by atoms with Gasteiger partial charge in [-0.15, -0.1) is 0 Å². The van der Waals surface area contributed by atoms with Crippen LogP contribution in [0.2, 0.25) is 0 Å². The molecule has 0 fully saturated rings. The van der Waals surface area contributed by atoms with Gasteiger partial charge in [-0.25, -0.2) is 0 Å². The Kier molecular flexibility index (Phi) is 3.05. The molecule has 2 rings (SSSR count). The normalized spacial score (nSPS) is 10.1. The van der Waals surface area contributed by atoms with E-state index in [4.69, 9.17) is 5.11 Å². The highest BCUT2D eigenvalue weighted by Gasteiger charge is 2.13. The van der Waals surface area contributed by atoms with Gasteiger partial charge in [0, 0.05) is 17.3 Å². The molecule has 0 saturated heterocycles. The monoisotopic (exact) mass is 229 g/mol. The fourth-order valence-corrected chi connectivity index (χ4v) is 1.68. The molecule has 86 valence electrons. The van der Waals surface area contributed by atoms with Gasteiger partial charge in [-0.3, -0.25) is 9.78 Å². The predicted molar refractivity (Wildman–Crippen MR) is 62.7 cm³/mol. The van der Waals surface area contributed by atoms with E-state index >= 15 is 0 Å². The van der Waals surface area contributed by atoms with Crippen LogP contribution in [0.3, 0.4) is 0 Å². The molecule has 0 saturated carbocycles. The van der Waals surface area contributed by atoms with E-state index < -0.39 is 5.97 Å². The Hall–Kier alpha value is -2.36. The van der Waals surface area contributed by atoms with E-state index in [-0.39, 0.29) is 12.2 Å². The molecule has 1 aromatic carbocycles. The summed E-state index contributed by atoms with van der Waals surface area (Å²) in [6.45, 7) is 0. The van der Waals surface area contributed by atoms with Crippen LogP contribution in [0.4, 0.5) is 0 Å². The van der Waals surface area contributed by atoms with Crippen molar-refractivity contribution in [2.75, 3.05) is 0 Å². The lowest BCUT2D eigenvalue weighted by atomic mass is 9.99. The smallest absolute Gasteiger partial charge is 0.307 e. The van der Waals surface area contributed by atoms with E-state index in [1.54, 1.807) is 6.20 Å². The molecule has 0 aliphatic carbocycles. The Morgan fingerprint density at radius 1 is 1.18 bits per heavy atom. The van der Waals surface area contributed by atoms with Crippen molar-refractivity contribution >= 4 is 5.97 Å². The van der Waals surface area contributed by atoms with Gasteiger partial charge in [0.25, 0.3) is 0 Å². The van der Waals surface area contributed by atoms with E-state index in [0.29, 0.717) is 11.1 Å². The maximum Gasteiger partial charge on any atom is 0.307 e. The zero-order valence-corrected chi connectivity index (χ0v) is 9.00. The molecule has 4 nitrogen and oxygen atoms in total. The van der Waals surface area contributed by atoms with Gasteiger partial charge in [0.15, 0.2) is 0 Å². The summed E-state index contributed by atoms with van der Waals surface area (Å²) in [5.41, 5.74) is 1.87. The molecule has 17 heavy (non-hydrogen) atoms. The maximum atomic E-state index is 10.8. The van der Waals surface area contributed by atoms with Crippen LogP contribution >= 0.6 is 0 Å². The lowest BCUT2D eigenvalue weighted by molar-refractivity contribution is -0.136. The lowest BCUT2D eigenvalue weighted by Crippen LogP contribution is -2.02. The highest BCUT2D eigenvalue weighted by Crippen LogP contribution is 2.29. The molecule has 0 aliphatic heterocycles. The van der Waals surface area contributed by atoms with Crippen molar-refractivity contribution in [3.8, 4) is 16.9 Å². The number of pyridine rings is 1. The zero-order valence-electron chi connectivity index (χ0n) is 9.00. The van der Waals surface area contributed by atoms with E-state index in [9.17, 15) is 9.90 Å². The summed E-state index contributed by atoms with van der Waals surface area (Å²) in [6.07, 6.45) is 2.59. The van der Waals surface area contributed by atoms with Crippen molar-refractivity contribution in [1.29, 1.82) is 0 Å². The predicted octanol–water partition coefficient (Wildman–Crippen LogP) is 2.08. The number of carbonyl (C=O) groups is 1. The second-order valence-electron chi connectivity index (χ2n) is 3.62. The first-order valence-electron chi connectivity index (χ1n) is 5.11. The summed E-state index contributed by atoms with van der Waals surface area (Å²) in [7, 11) is 0. The zero-order chi connectivity index (χ0) is 12.3. The third kappa shape index (κ3) is 2.42. The number of rotatable bonds is 3. The van der Waals surface area contributed by atoms with Crippen LogP contribution in [0.25, 0.3) is 11.1 Å². The minimum absolute atomic E-state index is 0.0891. The molecular weight excluding hydrogens is 218 g/mol. The average molecular weight is 229 g/mol. The number of carboxylic acids is 1. The minimum Gasteiger partial charge on any atom is -0.506 e. The fraction of sp³-hybridized carbons (Fsp3) is 0.0769. The Bertz CT molecular complexity index is 538. The van der Waals surface area contributed by atoms with Crippen molar-refractivity contribution < 1.29 is 15.0 Å². The molecule has 0 bridgehead atoms. The van der Waals surface area contributed by atoms with Crippen molar-refractivity contribution in [2.24, 2.45) is 0 Å². The third-order valence-electron chi connectivity index (χ3n) is 2.45. The Labute approximate surface area is 98.2 Å². The van der Waals surface area contributed by atoms with E-state index in [1.807, 2.05) is 30.3 Å². The summed E-state index contributed by atoms with van der Waals surface area (Å²) in [5, 5.41) is 18.5. The van der Waals surface area contributed by atoms with Gasteiger partial charge in [0.1, 0.15) is 5.75 Å². The molecule has 1 heterocycles. The highest BCUT2D eigenvalue weighted by atomic mass is 16.4. The maximum absolute atomic E-state index is 10.8. The number of aliphatic carboxylic acids is 1. The number of nitrogens with zero attached hydrogens (tertiary/aromatic N) is 1. The van der Waals surface area contributed by atoms with Crippen LogP contribution in [0.15, 0.2) is 42.7 Å². The van der Waals surface area contributed by atoms with Gasteiger partial charge in [-0.2, -0.15) is 0 Å². The summed E-state index contributed by atoms with van der Waals surface area (Å²) in [4.78, 5) is 14.7. The highest BCUT2D eigenvalue weighted by molar-refractivity contribution is 5.78. The quantitative estimate of drug-likeness (QED) is 0.845. The molecule has 0 amide bonds. The van der Waals surface area contributed by atoms with Gasteiger partial charge in [-0.1, -0.05) is 30.3 Å². The molecule has 0 unspecified atom stereocenters. The first-order valence-corrected chi connectivity index (χ1v) is 5.11. The number of aromatic hydroxyl groups is 1. The first kappa shape index (κ1) is 11.1. The molecule has 1 aromatic heterocycles. The number of benzene rings is 1. The average Bonchev–Trinajstić information content (AvgIpc) is 2.32. The van der Waals surface area contributed by atoms with Gasteiger partial charge in [0.2, 0.25) is 0 Å². The summed E-state index contributed by atoms with van der Waals surface area (Å²) in [5.74, 6) is -1.07. The largest absolute Gasteiger partial charge is 0.506 e. The summed E-state index contributed by atoms with van der Waals surface area (Å²) < 4.78 is 0. The number of hydrogen-bond acceptors (Lipinski definition) is 3. The second-order valence-corrected chi connectivity index (χ2v) is 3.62. The van der Waals surface area contributed by atoms with E-state index in [0.717, 1.165) is 5.56 Å². The van der Waals surface area contributed by atoms with Gasteiger partial charge in [-0.05, 0) is 5.56 Å². The SMILES string of the molecule is O=C(O)Cc1c(O)cncc1-c1ccccc1. The second kappa shape index (κ2) is 4.65. The number of hydrogen-bond donors (Lipinski definition) is 2. The van der Waals surface area contributed by atoms with Crippen LogP contribution < -0.4 is 0 Å². The molecule has 0 spiro atoms. The Balaban J connectivity index is 2.54. The fourth-order valence-electron chi connectivity index (χ4n) is 1.68. The molecule has 4 heteroatoms. The topological polar surface area (TPSA) is 70.4 Å². The number of carboxylic acid groups (broad SMARTS) is 1. The molecular formula is C13H11NO3. The standard InChI is InChI=1S/C13H11NO3/c15-12-8-14-7-11(10(12)6-13(16)17)9-4-2-1-3-5-9/h1-5,7-8,15H,6H2,(H,16,17). The molecule has 0 radical (unpaired) electrons. The molecule has 2 N–H and O–H groups in total. The lowest BCUT2D eigenvalue weighted by Gasteiger charge is -2.09. The van der Waals surface area contributed by atoms with Crippen LogP contribution in [0.1, 0.15) is 5.56 Å². The Morgan fingerprint density at radius 3 is 2.53 bits per heavy atom. The summed E-state index contributed by atoms with van der Waals surface area (Å²) >= 11 is 0. The Morgan fingerprint density at radius 2 is 1.88 bits per heavy atom. The molecule has 0 aliphatic rings. The van der Waals surface area contributed by atoms with E-state index in [1.165, 1.54) is 6.20 Å². The van der Waals surface area contributed by atoms with Gasteiger partial charge >= 0.3 is 5.97 Å². The number of aromatic nitrogens is 1. The van der Waals surface area contributed by atoms with Crippen LogP contribution in [0.5, 0.6) is 5.75 Å². The summed E-state index contributed by atoms with van der Waals surface area (Å²) in [6, 6.07) is 9.27. The minimum atomic E-state index is -0.983. The van der Waals surface area contributed by atoms with Gasteiger partial charge < -0.3 is 10.2 Å². The molecule has 2 aromatic rings.